The lowest BCUT2D eigenvalue weighted by Crippen LogP contribution is -2.31. The van der Waals surface area contributed by atoms with E-state index >= 15 is 0 Å². The zero-order chi connectivity index (χ0) is 18.6. The third-order valence-corrected chi connectivity index (χ3v) is 4.22. The summed E-state index contributed by atoms with van der Waals surface area (Å²) in [5, 5.41) is 2.67. The van der Waals surface area contributed by atoms with E-state index < -0.39 is 24.3 Å². The second-order valence-electron chi connectivity index (χ2n) is 5.81. The van der Waals surface area contributed by atoms with Crippen LogP contribution >= 0.6 is 11.6 Å². The van der Waals surface area contributed by atoms with Crippen molar-refractivity contribution in [3.63, 3.8) is 0 Å². The molecule has 0 spiro atoms. The molecule has 0 aromatic heterocycles. The highest BCUT2D eigenvalue weighted by Crippen LogP contribution is 2.20. The van der Waals surface area contributed by atoms with E-state index in [1.165, 1.54) is 12.1 Å². The molecule has 6 heteroatoms. The Morgan fingerprint density at radius 1 is 1.20 bits per heavy atom. The first-order chi connectivity index (χ1) is 11.8. The van der Waals surface area contributed by atoms with Crippen LogP contribution in [0.4, 0.5) is 4.39 Å². The number of carbonyl (C=O) groups is 2. The molecule has 0 heterocycles. The van der Waals surface area contributed by atoms with E-state index in [0.717, 1.165) is 22.8 Å². The molecule has 2 rings (SSSR count). The van der Waals surface area contributed by atoms with Gasteiger partial charge < -0.3 is 10.1 Å². The summed E-state index contributed by atoms with van der Waals surface area (Å²) in [6, 6.07) is 9.51. The summed E-state index contributed by atoms with van der Waals surface area (Å²) >= 11 is 5.79. The quantitative estimate of drug-likeness (QED) is 0.812. The van der Waals surface area contributed by atoms with Gasteiger partial charge in [0.25, 0.3) is 5.91 Å². The first-order valence-corrected chi connectivity index (χ1v) is 8.15. The number of ether oxygens (including phenoxy) is 1. The van der Waals surface area contributed by atoms with E-state index in [1.54, 1.807) is 0 Å². The summed E-state index contributed by atoms with van der Waals surface area (Å²) in [5.41, 5.74) is 2.86. The summed E-state index contributed by atoms with van der Waals surface area (Å²) in [7, 11) is 0. The SMILES string of the molecule is Cc1ccc(C(C)NC(=O)COC(=O)c2c(F)cccc2Cl)cc1C. The van der Waals surface area contributed by atoms with Gasteiger partial charge in [-0.1, -0.05) is 35.9 Å². The first kappa shape index (κ1) is 18.9. The lowest BCUT2D eigenvalue weighted by molar-refractivity contribution is -0.124. The molecular weight excluding hydrogens is 345 g/mol. The normalized spacial score (nSPS) is 11.7. The lowest BCUT2D eigenvalue weighted by Gasteiger charge is -2.16. The maximum atomic E-state index is 13.6. The summed E-state index contributed by atoms with van der Waals surface area (Å²) in [4.78, 5) is 23.9. The van der Waals surface area contributed by atoms with Gasteiger partial charge in [0.1, 0.15) is 11.4 Å². The molecule has 0 aliphatic rings. The molecule has 2 aromatic rings. The van der Waals surface area contributed by atoms with E-state index in [9.17, 15) is 14.0 Å². The number of amides is 1. The van der Waals surface area contributed by atoms with Crippen LogP contribution in [0.15, 0.2) is 36.4 Å². The smallest absolute Gasteiger partial charge is 0.343 e. The molecule has 0 fully saturated rings. The number of aryl methyl sites for hydroxylation is 2. The van der Waals surface area contributed by atoms with Crippen LogP contribution in [0.25, 0.3) is 0 Å². The summed E-state index contributed by atoms with van der Waals surface area (Å²) in [6.45, 7) is 5.32. The second kappa shape index (κ2) is 8.12. The van der Waals surface area contributed by atoms with Gasteiger partial charge in [-0.25, -0.2) is 9.18 Å². The molecule has 0 saturated heterocycles. The standard InChI is InChI=1S/C19H19ClFNO3/c1-11-7-8-14(9-12(11)2)13(3)22-17(23)10-25-19(24)18-15(20)5-4-6-16(18)21/h4-9,13H,10H2,1-3H3,(H,22,23). The van der Waals surface area contributed by atoms with E-state index in [0.29, 0.717) is 0 Å². The Balaban J connectivity index is 1.94. The van der Waals surface area contributed by atoms with Crippen molar-refractivity contribution in [1.82, 2.24) is 5.32 Å². The van der Waals surface area contributed by atoms with Gasteiger partial charge in [0.15, 0.2) is 6.61 Å². The number of rotatable bonds is 5. The molecule has 1 N–H and O–H groups in total. The fourth-order valence-corrected chi connectivity index (χ4v) is 2.54. The second-order valence-corrected chi connectivity index (χ2v) is 6.21. The Kier molecular flexibility index (Phi) is 6.15. The Morgan fingerprint density at radius 3 is 2.56 bits per heavy atom. The number of nitrogens with one attached hydrogen (secondary N) is 1. The van der Waals surface area contributed by atoms with Crippen LogP contribution in [0.3, 0.4) is 0 Å². The third kappa shape index (κ3) is 4.79. The number of hydrogen-bond acceptors (Lipinski definition) is 3. The van der Waals surface area contributed by atoms with Crippen molar-refractivity contribution in [3.8, 4) is 0 Å². The third-order valence-electron chi connectivity index (χ3n) is 3.91. The van der Waals surface area contributed by atoms with Crippen molar-refractivity contribution in [2.24, 2.45) is 0 Å². The van der Waals surface area contributed by atoms with Crippen LogP contribution in [0.2, 0.25) is 5.02 Å². The highest BCUT2D eigenvalue weighted by molar-refractivity contribution is 6.33. The average molecular weight is 364 g/mol. The minimum atomic E-state index is -0.975. The molecule has 0 bridgehead atoms. The van der Waals surface area contributed by atoms with Crippen molar-refractivity contribution >= 4 is 23.5 Å². The van der Waals surface area contributed by atoms with Gasteiger partial charge in [0, 0.05) is 0 Å². The minimum absolute atomic E-state index is 0.0612. The van der Waals surface area contributed by atoms with E-state index in [1.807, 2.05) is 39.0 Å². The monoisotopic (exact) mass is 363 g/mol. The van der Waals surface area contributed by atoms with Gasteiger partial charge in [-0.2, -0.15) is 0 Å². The molecule has 0 saturated carbocycles. The van der Waals surface area contributed by atoms with E-state index in [-0.39, 0.29) is 16.6 Å². The van der Waals surface area contributed by atoms with Gasteiger partial charge in [0.05, 0.1) is 11.1 Å². The molecule has 25 heavy (non-hydrogen) atoms. The topological polar surface area (TPSA) is 55.4 Å². The first-order valence-electron chi connectivity index (χ1n) is 7.77. The Hall–Kier alpha value is -2.40. The number of esters is 1. The van der Waals surface area contributed by atoms with Crippen molar-refractivity contribution in [2.45, 2.75) is 26.8 Å². The molecule has 1 atom stereocenters. The largest absolute Gasteiger partial charge is 0.452 e. The van der Waals surface area contributed by atoms with Crippen molar-refractivity contribution < 1.29 is 18.7 Å². The summed E-state index contributed by atoms with van der Waals surface area (Å²) in [5.74, 6) is -2.25. The average Bonchev–Trinajstić information content (AvgIpc) is 2.55. The highest BCUT2D eigenvalue weighted by atomic mass is 35.5. The van der Waals surface area contributed by atoms with Crippen LogP contribution in [-0.4, -0.2) is 18.5 Å². The lowest BCUT2D eigenvalue weighted by atomic mass is 10.0. The van der Waals surface area contributed by atoms with Crippen LogP contribution in [-0.2, 0) is 9.53 Å². The molecular formula is C19H19ClFNO3. The van der Waals surface area contributed by atoms with Gasteiger partial charge in [-0.05, 0) is 49.6 Å². The number of hydrogen-bond donors (Lipinski definition) is 1. The van der Waals surface area contributed by atoms with Crippen molar-refractivity contribution in [2.75, 3.05) is 6.61 Å². The van der Waals surface area contributed by atoms with Gasteiger partial charge >= 0.3 is 5.97 Å². The van der Waals surface area contributed by atoms with Crippen molar-refractivity contribution in [1.29, 1.82) is 0 Å². The van der Waals surface area contributed by atoms with Crippen LogP contribution in [0.1, 0.15) is 40.0 Å². The van der Waals surface area contributed by atoms with Crippen LogP contribution in [0, 0.1) is 19.7 Å². The Morgan fingerprint density at radius 2 is 1.92 bits per heavy atom. The summed E-state index contributed by atoms with van der Waals surface area (Å²) < 4.78 is 18.5. The molecule has 4 nitrogen and oxygen atoms in total. The molecule has 1 unspecified atom stereocenters. The number of benzene rings is 2. The molecule has 2 aromatic carbocycles. The Bertz CT molecular complexity index is 787. The number of halogens is 2. The molecule has 0 aliphatic heterocycles. The zero-order valence-electron chi connectivity index (χ0n) is 14.2. The zero-order valence-corrected chi connectivity index (χ0v) is 15.0. The van der Waals surface area contributed by atoms with E-state index in [2.05, 4.69) is 5.32 Å². The maximum absolute atomic E-state index is 13.6. The molecule has 1 amide bonds. The molecule has 132 valence electrons. The van der Waals surface area contributed by atoms with Gasteiger partial charge in [0.2, 0.25) is 0 Å². The van der Waals surface area contributed by atoms with E-state index in [4.69, 9.17) is 16.3 Å². The van der Waals surface area contributed by atoms with Crippen LogP contribution < -0.4 is 5.32 Å². The minimum Gasteiger partial charge on any atom is -0.452 e. The van der Waals surface area contributed by atoms with Gasteiger partial charge in [-0.3, -0.25) is 4.79 Å². The highest BCUT2D eigenvalue weighted by Gasteiger charge is 2.19. The maximum Gasteiger partial charge on any atom is 0.343 e. The predicted octanol–water partition coefficient (Wildman–Crippen LogP) is 4.13. The fourth-order valence-electron chi connectivity index (χ4n) is 2.30. The predicted molar refractivity (Wildman–Crippen MR) is 94.2 cm³/mol. The van der Waals surface area contributed by atoms with Crippen molar-refractivity contribution in [3.05, 3.63) is 69.5 Å². The van der Waals surface area contributed by atoms with Gasteiger partial charge in [-0.15, -0.1) is 0 Å². The fraction of sp³-hybridized carbons (Fsp3) is 0.263. The Labute approximate surface area is 150 Å². The number of carbonyl (C=O) groups excluding carboxylic acids is 2. The molecule has 0 radical (unpaired) electrons. The summed E-state index contributed by atoms with van der Waals surface area (Å²) in [6.07, 6.45) is 0. The molecule has 0 aliphatic carbocycles. The van der Waals surface area contributed by atoms with Crippen LogP contribution in [0.5, 0.6) is 0 Å².